The number of hydrogen-bond acceptors (Lipinski definition) is 5. The summed E-state index contributed by atoms with van der Waals surface area (Å²) < 4.78 is 1.88. The second-order valence-electron chi connectivity index (χ2n) is 6.74. The second-order valence-corrected chi connectivity index (χ2v) is 7.77. The molecule has 7 nitrogen and oxygen atoms in total. The number of rotatable bonds is 5. The number of fused-ring (bicyclic) bond motifs is 1. The molecule has 0 bridgehead atoms. The van der Waals surface area contributed by atoms with Gasteiger partial charge in [0.05, 0.1) is 5.56 Å². The topological polar surface area (TPSA) is 79.6 Å². The summed E-state index contributed by atoms with van der Waals surface area (Å²) in [6.45, 7) is 3.57. The molecule has 4 rings (SSSR count). The summed E-state index contributed by atoms with van der Waals surface area (Å²) in [5.41, 5.74) is 1.29. The van der Waals surface area contributed by atoms with E-state index in [1.807, 2.05) is 26.8 Å². The Labute approximate surface area is 161 Å². The van der Waals surface area contributed by atoms with Gasteiger partial charge in [-0.1, -0.05) is 6.07 Å². The molecular weight excluding hydrogens is 362 g/mol. The average Bonchev–Trinajstić information content (AvgIpc) is 3.40. The number of carbonyl (C=O) groups excluding carboxylic acids is 2. The molecule has 140 valence electrons. The lowest BCUT2D eigenvalue weighted by atomic mass is 10.1. The van der Waals surface area contributed by atoms with Crippen LogP contribution in [0, 0.1) is 0 Å². The maximum atomic E-state index is 12.5. The summed E-state index contributed by atoms with van der Waals surface area (Å²) in [7, 11) is 0. The number of carbonyl (C=O) groups is 2. The third-order valence-electron chi connectivity index (χ3n) is 4.93. The van der Waals surface area contributed by atoms with Crippen molar-refractivity contribution >= 4 is 28.8 Å². The Hall–Kier alpha value is -2.74. The first-order chi connectivity index (χ1) is 13.1. The number of nitrogens with zero attached hydrogens (tertiary/aromatic N) is 4. The number of hydrogen-bond donors (Lipinski definition) is 1. The molecule has 1 unspecified atom stereocenters. The minimum Gasteiger partial charge on any atom is -0.352 e. The summed E-state index contributed by atoms with van der Waals surface area (Å²) in [5, 5.41) is 13.5. The van der Waals surface area contributed by atoms with Gasteiger partial charge < -0.3 is 10.2 Å². The van der Waals surface area contributed by atoms with E-state index in [9.17, 15) is 9.59 Å². The van der Waals surface area contributed by atoms with E-state index in [1.165, 1.54) is 4.88 Å². The molecule has 0 spiro atoms. The van der Waals surface area contributed by atoms with Crippen molar-refractivity contribution in [1.82, 2.24) is 24.8 Å². The van der Waals surface area contributed by atoms with E-state index in [0.717, 1.165) is 25.2 Å². The standard InChI is InChI=1S/C19H21N5O2S/c1-13(25)23-9-7-14(11-23)18-22-21-17-5-4-15(12-24(17)18)19(26)20-8-6-16-3-2-10-27-16/h2-5,10,12,14H,6-9,11H2,1H3,(H,20,26). The van der Waals surface area contributed by atoms with Crippen LogP contribution in [0.2, 0.25) is 0 Å². The Bertz CT molecular complexity index is 966. The highest BCUT2D eigenvalue weighted by Crippen LogP contribution is 2.26. The molecule has 0 aromatic carbocycles. The molecule has 8 heteroatoms. The molecule has 1 saturated heterocycles. The monoisotopic (exact) mass is 383 g/mol. The van der Waals surface area contributed by atoms with Crippen molar-refractivity contribution < 1.29 is 9.59 Å². The van der Waals surface area contributed by atoms with E-state index in [-0.39, 0.29) is 17.7 Å². The van der Waals surface area contributed by atoms with Crippen molar-refractivity contribution in [2.24, 2.45) is 0 Å². The van der Waals surface area contributed by atoms with Gasteiger partial charge in [0, 0.05) is 43.5 Å². The van der Waals surface area contributed by atoms with Crippen molar-refractivity contribution in [1.29, 1.82) is 0 Å². The Morgan fingerprint density at radius 1 is 1.30 bits per heavy atom. The number of likely N-dealkylation sites (tertiary alicyclic amines) is 1. The maximum Gasteiger partial charge on any atom is 0.252 e. The molecule has 1 aliphatic heterocycles. The molecule has 0 radical (unpaired) electrons. The summed E-state index contributed by atoms with van der Waals surface area (Å²) in [6, 6.07) is 7.66. The summed E-state index contributed by atoms with van der Waals surface area (Å²) >= 11 is 1.69. The summed E-state index contributed by atoms with van der Waals surface area (Å²) in [6.07, 6.45) is 3.48. The van der Waals surface area contributed by atoms with Gasteiger partial charge in [0.1, 0.15) is 5.82 Å². The van der Waals surface area contributed by atoms with Crippen molar-refractivity contribution in [3.63, 3.8) is 0 Å². The van der Waals surface area contributed by atoms with Crippen molar-refractivity contribution in [3.05, 3.63) is 52.1 Å². The fourth-order valence-electron chi connectivity index (χ4n) is 3.43. The van der Waals surface area contributed by atoms with Gasteiger partial charge in [-0.05, 0) is 36.4 Å². The van der Waals surface area contributed by atoms with E-state index >= 15 is 0 Å². The zero-order chi connectivity index (χ0) is 18.8. The summed E-state index contributed by atoms with van der Waals surface area (Å²) in [5.74, 6) is 0.921. The lowest BCUT2D eigenvalue weighted by Gasteiger charge is -2.13. The normalized spacial score (nSPS) is 16.8. The first kappa shape index (κ1) is 17.7. The number of thiophene rings is 1. The Morgan fingerprint density at radius 3 is 2.93 bits per heavy atom. The molecule has 1 N–H and O–H groups in total. The number of nitrogens with one attached hydrogen (secondary N) is 1. The largest absolute Gasteiger partial charge is 0.352 e. The van der Waals surface area contributed by atoms with Crippen molar-refractivity contribution in [3.8, 4) is 0 Å². The average molecular weight is 383 g/mol. The third kappa shape index (κ3) is 3.71. The second kappa shape index (κ2) is 7.48. The van der Waals surface area contributed by atoms with Crippen LogP contribution in [-0.2, 0) is 11.2 Å². The SMILES string of the molecule is CC(=O)N1CCC(c2nnc3ccc(C(=O)NCCc4cccs4)cn23)C1. The Kier molecular flexibility index (Phi) is 4.89. The molecule has 2 amide bonds. The van der Waals surface area contributed by atoms with Crippen LogP contribution in [0.1, 0.15) is 40.3 Å². The molecule has 27 heavy (non-hydrogen) atoms. The van der Waals surface area contributed by atoms with Crippen LogP contribution in [0.4, 0.5) is 0 Å². The van der Waals surface area contributed by atoms with Gasteiger partial charge in [0.2, 0.25) is 5.91 Å². The molecule has 1 atom stereocenters. The number of amides is 2. The summed E-state index contributed by atoms with van der Waals surface area (Å²) in [4.78, 5) is 27.2. The van der Waals surface area contributed by atoms with E-state index in [1.54, 1.807) is 30.5 Å². The van der Waals surface area contributed by atoms with Gasteiger partial charge in [0.25, 0.3) is 5.91 Å². The van der Waals surface area contributed by atoms with Crippen LogP contribution in [0.25, 0.3) is 5.65 Å². The molecule has 0 aliphatic carbocycles. The van der Waals surface area contributed by atoms with E-state index < -0.39 is 0 Å². The Morgan fingerprint density at radius 2 is 2.19 bits per heavy atom. The van der Waals surface area contributed by atoms with Crippen molar-refractivity contribution in [2.45, 2.75) is 25.7 Å². The molecule has 0 saturated carbocycles. The highest BCUT2D eigenvalue weighted by atomic mass is 32.1. The Balaban J connectivity index is 1.48. The van der Waals surface area contributed by atoms with Gasteiger partial charge in [-0.3, -0.25) is 14.0 Å². The first-order valence-electron chi connectivity index (χ1n) is 9.02. The van der Waals surface area contributed by atoms with Gasteiger partial charge in [-0.15, -0.1) is 21.5 Å². The molecule has 3 aromatic heterocycles. The van der Waals surface area contributed by atoms with E-state index in [0.29, 0.717) is 24.3 Å². The zero-order valence-electron chi connectivity index (χ0n) is 15.1. The van der Waals surface area contributed by atoms with Gasteiger partial charge in [-0.25, -0.2) is 0 Å². The van der Waals surface area contributed by atoms with Crippen LogP contribution in [0.15, 0.2) is 35.8 Å². The zero-order valence-corrected chi connectivity index (χ0v) is 15.9. The predicted molar refractivity (Wildman–Crippen MR) is 103 cm³/mol. The van der Waals surface area contributed by atoms with Gasteiger partial charge in [-0.2, -0.15) is 0 Å². The maximum absolute atomic E-state index is 12.5. The smallest absolute Gasteiger partial charge is 0.252 e. The van der Waals surface area contributed by atoms with E-state index in [2.05, 4.69) is 21.6 Å². The molecule has 3 aromatic rings. The first-order valence-corrected chi connectivity index (χ1v) is 9.90. The highest BCUT2D eigenvalue weighted by molar-refractivity contribution is 7.09. The fraction of sp³-hybridized carbons (Fsp3) is 0.368. The van der Waals surface area contributed by atoms with E-state index in [4.69, 9.17) is 0 Å². The van der Waals surface area contributed by atoms with Crippen LogP contribution >= 0.6 is 11.3 Å². The molecule has 4 heterocycles. The molecule has 1 fully saturated rings. The van der Waals surface area contributed by atoms with Gasteiger partial charge >= 0.3 is 0 Å². The minimum absolute atomic E-state index is 0.0807. The van der Waals surface area contributed by atoms with Crippen molar-refractivity contribution in [2.75, 3.05) is 19.6 Å². The predicted octanol–water partition coefficient (Wildman–Crippen LogP) is 2.10. The van der Waals surface area contributed by atoms with Crippen LogP contribution in [0.5, 0.6) is 0 Å². The van der Waals surface area contributed by atoms with Crippen LogP contribution in [-0.4, -0.2) is 50.9 Å². The fourth-order valence-corrected chi connectivity index (χ4v) is 4.14. The third-order valence-corrected chi connectivity index (χ3v) is 5.86. The number of aromatic nitrogens is 3. The lowest BCUT2D eigenvalue weighted by Crippen LogP contribution is -2.26. The van der Waals surface area contributed by atoms with Gasteiger partial charge in [0.15, 0.2) is 5.65 Å². The quantitative estimate of drug-likeness (QED) is 0.732. The minimum atomic E-state index is -0.107. The number of pyridine rings is 1. The molecular formula is C19H21N5O2S. The van der Waals surface area contributed by atoms with Crippen LogP contribution in [0.3, 0.4) is 0 Å². The lowest BCUT2D eigenvalue weighted by molar-refractivity contribution is -0.127. The van der Waals surface area contributed by atoms with Crippen LogP contribution < -0.4 is 5.32 Å². The highest BCUT2D eigenvalue weighted by Gasteiger charge is 2.29. The molecule has 1 aliphatic rings.